The van der Waals surface area contributed by atoms with Gasteiger partial charge in [0.25, 0.3) is 0 Å². The molecule has 6 heteroatoms. The van der Waals surface area contributed by atoms with Gasteiger partial charge in [0, 0.05) is 17.0 Å². The molecule has 1 rings (SSSR count). The van der Waals surface area contributed by atoms with Gasteiger partial charge in [-0.3, -0.25) is 4.79 Å². The maximum absolute atomic E-state index is 11.8. The first kappa shape index (κ1) is 16.2. The van der Waals surface area contributed by atoms with Crippen LogP contribution >= 0.6 is 0 Å². The van der Waals surface area contributed by atoms with Crippen molar-refractivity contribution in [1.29, 1.82) is 0 Å². The van der Waals surface area contributed by atoms with Gasteiger partial charge in [0.2, 0.25) is 5.91 Å². The van der Waals surface area contributed by atoms with Crippen LogP contribution in [-0.4, -0.2) is 28.0 Å². The lowest BCUT2D eigenvalue weighted by Crippen LogP contribution is -2.43. The van der Waals surface area contributed by atoms with Crippen molar-refractivity contribution in [2.75, 3.05) is 17.6 Å². The van der Waals surface area contributed by atoms with Crippen molar-refractivity contribution >= 4 is 17.5 Å². The second kappa shape index (κ2) is 5.64. The smallest absolute Gasteiger partial charge is 0.239 e. The molecule has 6 nitrogen and oxygen atoms in total. The van der Waals surface area contributed by atoms with Crippen LogP contribution in [0.25, 0.3) is 0 Å². The zero-order valence-corrected chi connectivity index (χ0v) is 13.2. The Morgan fingerprint density at radius 2 is 1.80 bits per heavy atom. The largest absolute Gasteiger partial charge is 0.384 e. The van der Waals surface area contributed by atoms with Crippen LogP contribution in [0.2, 0.25) is 0 Å². The van der Waals surface area contributed by atoms with Crippen LogP contribution in [0.15, 0.2) is 6.07 Å². The first-order valence-electron chi connectivity index (χ1n) is 6.67. The highest BCUT2D eigenvalue weighted by molar-refractivity contribution is 5.81. The Balaban J connectivity index is 2.74. The molecule has 20 heavy (non-hydrogen) atoms. The van der Waals surface area contributed by atoms with E-state index >= 15 is 0 Å². The van der Waals surface area contributed by atoms with Crippen LogP contribution in [0.4, 0.5) is 11.6 Å². The van der Waals surface area contributed by atoms with E-state index in [-0.39, 0.29) is 23.4 Å². The molecular weight excluding hydrogens is 254 g/mol. The van der Waals surface area contributed by atoms with E-state index in [1.807, 2.05) is 41.5 Å². The predicted molar refractivity (Wildman–Crippen MR) is 81.5 cm³/mol. The van der Waals surface area contributed by atoms with E-state index in [0.717, 1.165) is 0 Å². The number of nitrogens with zero attached hydrogens (tertiary/aromatic N) is 2. The number of nitrogens with one attached hydrogen (secondary N) is 2. The summed E-state index contributed by atoms with van der Waals surface area (Å²) in [5.74, 6) is 1.51. The van der Waals surface area contributed by atoms with Crippen molar-refractivity contribution in [1.82, 2.24) is 15.3 Å². The van der Waals surface area contributed by atoms with Gasteiger partial charge in [0.15, 0.2) is 0 Å². The summed E-state index contributed by atoms with van der Waals surface area (Å²) >= 11 is 0. The molecule has 1 aromatic heterocycles. The lowest BCUT2D eigenvalue weighted by atomic mass is 9.96. The Morgan fingerprint density at radius 3 is 2.30 bits per heavy atom. The molecule has 0 spiro atoms. The first-order valence-corrected chi connectivity index (χ1v) is 6.67. The Morgan fingerprint density at radius 1 is 1.20 bits per heavy atom. The van der Waals surface area contributed by atoms with Gasteiger partial charge in [0.1, 0.15) is 17.5 Å². The third-order valence-corrected chi connectivity index (χ3v) is 2.36. The zero-order chi connectivity index (χ0) is 15.6. The molecule has 1 amide bonds. The SMILES string of the molecule is CC(C)(C)NC(=O)CNc1cc(N)nc(C(C)(C)C)n1. The molecule has 112 valence electrons. The molecule has 4 N–H and O–H groups in total. The molecule has 0 saturated carbocycles. The minimum absolute atomic E-state index is 0.0907. The topological polar surface area (TPSA) is 92.9 Å². The third-order valence-electron chi connectivity index (χ3n) is 2.36. The number of carbonyl (C=O) groups excluding carboxylic acids is 1. The van der Waals surface area contributed by atoms with E-state index in [0.29, 0.717) is 17.5 Å². The summed E-state index contributed by atoms with van der Waals surface area (Å²) in [6.45, 7) is 12.0. The Kier molecular flexibility index (Phi) is 4.57. The van der Waals surface area contributed by atoms with Crippen molar-refractivity contribution in [3.05, 3.63) is 11.9 Å². The molecule has 0 aliphatic carbocycles. The zero-order valence-electron chi connectivity index (χ0n) is 13.2. The number of rotatable bonds is 3. The van der Waals surface area contributed by atoms with Gasteiger partial charge in [-0.25, -0.2) is 9.97 Å². The summed E-state index contributed by atoms with van der Waals surface area (Å²) in [5.41, 5.74) is 5.33. The minimum atomic E-state index is -0.250. The van der Waals surface area contributed by atoms with Crippen LogP contribution in [0.5, 0.6) is 0 Å². The number of aromatic nitrogens is 2. The molecule has 0 bridgehead atoms. The molecule has 0 aromatic carbocycles. The molecule has 0 saturated heterocycles. The summed E-state index contributed by atoms with van der Waals surface area (Å²) in [7, 11) is 0. The number of nitrogens with two attached hydrogens (primary N) is 1. The fraction of sp³-hybridized carbons (Fsp3) is 0.643. The number of nitrogen functional groups attached to an aromatic ring is 1. The van der Waals surface area contributed by atoms with Gasteiger partial charge < -0.3 is 16.4 Å². The molecule has 1 aromatic rings. The van der Waals surface area contributed by atoms with E-state index < -0.39 is 0 Å². The van der Waals surface area contributed by atoms with Gasteiger partial charge in [-0.1, -0.05) is 20.8 Å². The highest BCUT2D eigenvalue weighted by atomic mass is 16.2. The molecule has 0 atom stereocenters. The average Bonchev–Trinajstić information content (AvgIpc) is 2.22. The summed E-state index contributed by atoms with van der Waals surface area (Å²) in [4.78, 5) is 20.4. The number of hydrogen-bond donors (Lipinski definition) is 3. The summed E-state index contributed by atoms with van der Waals surface area (Å²) in [6.07, 6.45) is 0. The van der Waals surface area contributed by atoms with E-state index in [1.54, 1.807) is 6.07 Å². The second-order valence-corrected chi connectivity index (χ2v) is 6.90. The maximum atomic E-state index is 11.8. The first-order chi connectivity index (χ1) is 8.97. The summed E-state index contributed by atoms with van der Waals surface area (Å²) in [5, 5.41) is 5.85. The normalized spacial score (nSPS) is 12.1. The van der Waals surface area contributed by atoms with Crippen molar-refractivity contribution in [2.45, 2.75) is 52.5 Å². The number of amides is 1. The molecule has 0 aliphatic rings. The quantitative estimate of drug-likeness (QED) is 0.783. The molecule has 0 radical (unpaired) electrons. The summed E-state index contributed by atoms with van der Waals surface area (Å²) in [6, 6.07) is 1.62. The number of anilines is 2. The van der Waals surface area contributed by atoms with Gasteiger partial charge in [-0.05, 0) is 20.8 Å². The fourth-order valence-corrected chi connectivity index (χ4v) is 1.53. The van der Waals surface area contributed by atoms with Crippen LogP contribution in [0, 0.1) is 0 Å². The highest BCUT2D eigenvalue weighted by Gasteiger charge is 2.19. The highest BCUT2D eigenvalue weighted by Crippen LogP contribution is 2.21. The predicted octanol–water partition coefficient (Wildman–Crippen LogP) is 1.68. The standard InChI is InChI=1S/C14H25N5O/c1-13(2,3)12-17-9(15)7-10(18-12)16-8-11(20)19-14(4,5)6/h7H,8H2,1-6H3,(H,19,20)(H3,15,16,17,18). The van der Waals surface area contributed by atoms with Gasteiger partial charge in [-0.15, -0.1) is 0 Å². The Hall–Kier alpha value is -1.85. The molecule has 0 fully saturated rings. The lowest BCUT2D eigenvalue weighted by molar-refractivity contribution is -0.120. The summed E-state index contributed by atoms with van der Waals surface area (Å²) < 4.78 is 0. The number of hydrogen-bond acceptors (Lipinski definition) is 5. The van der Waals surface area contributed by atoms with Gasteiger partial charge in [-0.2, -0.15) is 0 Å². The third kappa shape index (κ3) is 5.42. The van der Waals surface area contributed by atoms with E-state index in [4.69, 9.17) is 5.73 Å². The van der Waals surface area contributed by atoms with Crippen molar-refractivity contribution < 1.29 is 4.79 Å². The van der Waals surface area contributed by atoms with Crippen molar-refractivity contribution in [2.24, 2.45) is 0 Å². The van der Waals surface area contributed by atoms with Crippen LogP contribution < -0.4 is 16.4 Å². The Bertz CT molecular complexity index is 485. The molecule has 0 aliphatic heterocycles. The van der Waals surface area contributed by atoms with Gasteiger partial charge >= 0.3 is 0 Å². The maximum Gasteiger partial charge on any atom is 0.239 e. The van der Waals surface area contributed by atoms with Crippen molar-refractivity contribution in [3.63, 3.8) is 0 Å². The second-order valence-electron chi connectivity index (χ2n) is 6.90. The fourth-order valence-electron chi connectivity index (χ4n) is 1.53. The van der Waals surface area contributed by atoms with Gasteiger partial charge in [0.05, 0.1) is 6.54 Å². The van der Waals surface area contributed by atoms with Crippen LogP contribution in [0.1, 0.15) is 47.4 Å². The Labute approximate surface area is 120 Å². The van der Waals surface area contributed by atoms with Crippen molar-refractivity contribution in [3.8, 4) is 0 Å². The van der Waals surface area contributed by atoms with Crippen LogP contribution in [-0.2, 0) is 10.2 Å². The van der Waals surface area contributed by atoms with Crippen LogP contribution in [0.3, 0.4) is 0 Å². The molecule has 1 heterocycles. The lowest BCUT2D eigenvalue weighted by Gasteiger charge is -2.21. The van der Waals surface area contributed by atoms with E-state index in [1.165, 1.54) is 0 Å². The molecule has 0 unspecified atom stereocenters. The average molecular weight is 279 g/mol. The molecular formula is C14H25N5O. The van der Waals surface area contributed by atoms with E-state index in [9.17, 15) is 4.79 Å². The van der Waals surface area contributed by atoms with E-state index in [2.05, 4.69) is 20.6 Å². The minimum Gasteiger partial charge on any atom is -0.384 e. The monoisotopic (exact) mass is 279 g/mol. The number of carbonyl (C=O) groups is 1.